The van der Waals surface area contributed by atoms with Crippen LogP contribution in [-0.4, -0.2) is 27.2 Å². The Hall–Kier alpha value is -3.68. The van der Waals surface area contributed by atoms with Crippen molar-refractivity contribution in [2.75, 3.05) is 11.9 Å². The number of amides is 1. The standard InChI is InChI=1S/C20H20N4O4/c1-13-17(24(26)27)10-7-11-18(13)28-12-19(25)21-20-14(2)22-23(15(20)3)16-8-5-4-6-9-16/h4-11H,12H2,1-3H3,(H,21,25). The van der Waals surface area contributed by atoms with Gasteiger partial charge in [0.1, 0.15) is 5.75 Å². The second kappa shape index (κ2) is 7.91. The number of anilines is 1. The first-order chi connectivity index (χ1) is 13.4. The fourth-order valence-electron chi connectivity index (χ4n) is 2.92. The third kappa shape index (κ3) is 3.85. The Morgan fingerprint density at radius 2 is 1.86 bits per heavy atom. The van der Waals surface area contributed by atoms with Gasteiger partial charge in [0.25, 0.3) is 11.6 Å². The Kier molecular flexibility index (Phi) is 5.39. The number of nitrogens with one attached hydrogen (secondary N) is 1. The van der Waals surface area contributed by atoms with Gasteiger partial charge in [0.05, 0.1) is 33.2 Å². The second-order valence-electron chi connectivity index (χ2n) is 6.29. The van der Waals surface area contributed by atoms with Gasteiger partial charge in [0.15, 0.2) is 6.61 Å². The minimum absolute atomic E-state index is 0.0475. The van der Waals surface area contributed by atoms with Crippen LogP contribution in [0.5, 0.6) is 5.75 Å². The normalized spacial score (nSPS) is 10.5. The molecule has 1 heterocycles. The highest BCUT2D eigenvalue weighted by atomic mass is 16.6. The van der Waals surface area contributed by atoms with E-state index in [1.54, 1.807) is 17.7 Å². The molecule has 0 fully saturated rings. The molecule has 0 unspecified atom stereocenters. The highest BCUT2D eigenvalue weighted by Gasteiger charge is 2.17. The van der Waals surface area contributed by atoms with Crippen LogP contribution in [0.25, 0.3) is 5.69 Å². The molecule has 28 heavy (non-hydrogen) atoms. The molecule has 0 aliphatic rings. The number of aryl methyl sites for hydroxylation is 1. The molecule has 1 N–H and O–H groups in total. The Labute approximate surface area is 161 Å². The van der Waals surface area contributed by atoms with E-state index in [2.05, 4.69) is 10.4 Å². The molecule has 8 heteroatoms. The SMILES string of the molecule is Cc1nn(-c2ccccc2)c(C)c1NC(=O)COc1cccc([N+](=O)[O-])c1C. The molecule has 1 amide bonds. The first-order valence-corrected chi connectivity index (χ1v) is 8.66. The summed E-state index contributed by atoms with van der Waals surface area (Å²) < 4.78 is 7.25. The van der Waals surface area contributed by atoms with E-state index >= 15 is 0 Å². The summed E-state index contributed by atoms with van der Waals surface area (Å²) >= 11 is 0. The molecule has 0 spiro atoms. The number of para-hydroxylation sites is 1. The van der Waals surface area contributed by atoms with Crippen molar-refractivity contribution in [3.8, 4) is 11.4 Å². The van der Waals surface area contributed by atoms with Crippen LogP contribution in [0.4, 0.5) is 11.4 Å². The Morgan fingerprint density at radius 1 is 1.14 bits per heavy atom. The van der Waals surface area contributed by atoms with Crippen molar-refractivity contribution in [3.05, 3.63) is 75.6 Å². The lowest BCUT2D eigenvalue weighted by molar-refractivity contribution is -0.385. The van der Waals surface area contributed by atoms with Crippen LogP contribution in [0.2, 0.25) is 0 Å². The summed E-state index contributed by atoms with van der Waals surface area (Å²) in [6.45, 7) is 5.00. The Bertz CT molecular complexity index is 1030. The summed E-state index contributed by atoms with van der Waals surface area (Å²) in [7, 11) is 0. The van der Waals surface area contributed by atoms with Gasteiger partial charge >= 0.3 is 0 Å². The Balaban J connectivity index is 1.72. The van der Waals surface area contributed by atoms with Gasteiger partial charge < -0.3 is 10.1 Å². The molecule has 0 aliphatic heterocycles. The van der Waals surface area contributed by atoms with Crippen LogP contribution in [0.1, 0.15) is 17.0 Å². The predicted molar refractivity (Wildman–Crippen MR) is 105 cm³/mol. The molecule has 2 aromatic carbocycles. The zero-order valence-electron chi connectivity index (χ0n) is 15.8. The maximum Gasteiger partial charge on any atom is 0.276 e. The third-order valence-electron chi connectivity index (χ3n) is 4.37. The number of carbonyl (C=O) groups is 1. The number of rotatable bonds is 6. The van der Waals surface area contributed by atoms with Gasteiger partial charge in [-0.3, -0.25) is 14.9 Å². The Morgan fingerprint density at radius 3 is 2.54 bits per heavy atom. The van der Waals surface area contributed by atoms with E-state index in [0.29, 0.717) is 22.7 Å². The molecular formula is C20H20N4O4. The van der Waals surface area contributed by atoms with Gasteiger partial charge in [-0.15, -0.1) is 0 Å². The molecule has 0 saturated carbocycles. The zero-order chi connectivity index (χ0) is 20.3. The van der Waals surface area contributed by atoms with Gasteiger partial charge in [-0.2, -0.15) is 5.10 Å². The van der Waals surface area contributed by atoms with Crippen LogP contribution < -0.4 is 10.1 Å². The van der Waals surface area contributed by atoms with Crippen molar-refractivity contribution in [1.82, 2.24) is 9.78 Å². The lowest BCUT2D eigenvalue weighted by Gasteiger charge is -2.10. The summed E-state index contributed by atoms with van der Waals surface area (Å²) in [4.78, 5) is 22.9. The number of hydrogen-bond acceptors (Lipinski definition) is 5. The summed E-state index contributed by atoms with van der Waals surface area (Å²) in [5, 5.41) is 18.3. The summed E-state index contributed by atoms with van der Waals surface area (Å²) in [5.74, 6) is -0.0671. The van der Waals surface area contributed by atoms with Gasteiger partial charge in [-0.05, 0) is 39.0 Å². The average molecular weight is 380 g/mol. The molecule has 0 atom stereocenters. The molecule has 1 aromatic heterocycles. The fourth-order valence-corrected chi connectivity index (χ4v) is 2.92. The first kappa shape index (κ1) is 19.1. The molecule has 3 rings (SSSR count). The monoisotopic (exact) mass is 380 g/mol. The summed E-state index contributed by atoms with van der Waals surface area (Å²) in [6, 6.07) is 14.1. The van der Waals surface area contributed by atoms with E-state index in [9.17, 15) is 14.9 Å². The molecule has 0 saturated heterocycles. The first-order valence-electron chi connectivity index (χ1n) is 8.66. The second-order valence-corrected chi connectivity index (χ2v) is 6.29. The number of nitro groups is 1. The smallest absolute Gasteiger partial charge is 0.276 e. The van der Waals surface area contributed by atoms with Gasteiger partial charge in [0.2, 0.25) is 0 Å². The number of aromatic nitrogens is 2. The number of nitro benzene ring substituents is 1. The topological polar surface area (TPSA) is 99.3 Å². The largest absolute Gasteiger partial charge is 0.483 e. The van der Waals surface area contributed by atoms with E-state index < -0.39 is 4.92 Å². The van der Waals surface area contributed by atoms with Crippen molar-refractivity contribution in [3.63, 3.8) is 0 Å². The molecule has 3 aromatic rings. The van der Waals surface area contributed by atoms with Crippen LogP contribution in [-0.2, 0) is 4.79 Å². The van der Waals surface area contributed by atoms with Crippen LogP contribution in [0.15, 0.2) is 48.5 Å². The van der Waals surface area contributed by atoms with E-state index in [1.807, 2.05) is 44.2 Å². The van der Waals surface area contributed by atoms with E-state index in [-0.39, 0.29) is 18.2 Å². The number of nitrogens with zero attached hydrogens (tertiary/aromatic N) is 3. The minimum atomic E-state index is -0.479. The minimum Gasteiger partial charge on any atom is -0.483 e. The lowest BCUT2D eigenvalue weighted by atomic mass is 10.2. The third-order valence-corrected chi connectivity index (χ3v) is 4.37. The molecular weight excluding hydrogens is 360 g/mol. The fraction of sp³-hybridized carbons (Fsp3) is 0.200. The summed E-state index contributed by atoms with van der Waals surface area (Å²) in [5.41, 5.74) is 3.32. The predicted octanol–water partition coefficient (Wildman–Crippen LogP) is 3.72. The van der Waals surface area contributed by atoms with Crippen molar-refractivity contribution < 1.29 is 14.5 Å². The molecule has 144 valence electrons. The van der Waals surface area contributed by atoms with E-state index in [1.165, 1.54) is 12.1 Å². The molecule has 0 bridgehead atoms. The van der Waals surface area contributed by atoms with Gasteiger partial charge in [0, 0.05) is 6.07 Å². The molecule has 0 radical (unpaired) electrons. The van der Waals surface area contributed by atoms with Crippen LogP contribution >= 0.6 is 0 Å². The maximum absolute atomic E-state index is 12.4. The quantitative estimate of drug-likeness (QED) is 0.519. The van der Waals surface area contributed by atoms with E-state index in [4.69, 9.17) is 4.74 Å². The zero-order valence-corrected chi connectivity index (χ0v) is 15.8. The van der Waals surface area contributed by atoms with Crippen molar-refractivity contribution in [2.24, 2.45) is 0 Å². The maximum atomic E-state index is 12.4. The van der Waals surface area contributed by atoms with Crippen LogP contribution in [0.3, 0.4) is 0 Å². The van der Waals surface area contributed by atoms with E-state index in [0.717, 1.165) is 11.4 Å². The number of benzene rings is 2. The lowest BCUT2D eigenvalue weighted by Crippen LogP contribution is -2.21. The summed E-state index contributed by atoms with van der Waals surface area (Å²) in [6.07, 6.45) is 0. The highest BCUT2D eigenvalue weighted by molar-refractivity contribution is 5.93. The van der Waals surface area contributed by atoms with Gasteiger partial charge in [-0.25, -0.2) is 4.68 Å². The molecule has 0 aliphatic carbocycles. The number of carbonyl (C=O) groups excluding carboxylic acids is 1. The van der Waals surface area contributed by atoms with Gasteiger partial charge in [-0.1, -0.05) is 24.3 Å². The highest BCUT2D eigenvalue weighted by Crippen LogP contribution is 2.27. The molecule has 8 nitrogen and oxygen atoms in total. The van der Waals surface area contributed by atoms with Crippen molar-refractivity contribution in [1.29, 1.82) is 0 Å². The average Bonchev–Trinajstić information content (AvgIpc) is 2.96. The van der Waals surface area contributed by atoms with Crippen LogP contribution in [0, 0.1) is 30.9 Å². The number of hydrogen-bond donors (Lipinski definition) is 1. The van der Waals surface area contributed by atoms with Crippen molar-refractivity contribution >= 4 is 17.3 Å². The number of ether oxygens (including phenoxy) is 1. The van der Waals surface area contributed by atoms with Crippen molar-refractivity contribution in [2.45, 2.75) is 20.8 Å².